The maximum absolute atomic E-state index is 6.75. The van der Waals surface area contributed by atoms with Gasteiger partial charge in [-0.3, -0.25) is 0 Å². The minimum Gasteiger partial charge on any atom is -0.470 e. The quantitative estimate of drug-likeness (QED) is 0.118. The number of hydrogen-bond acceptors (Lipinski definition) is 3. The second-order valence-electron chi connectivity index (χ2n) is 19.7. The number of anilines is 2. The summed E-state index contributed by atoms with van der Waals surface area (Å²) in [5.41, 5.74) is 18.8. The predicted molar refractivity (Wildman–Crippen MR) is 288 cm³/mol. The SMILES string of the molecule is C/C=C\C=C/C(C)Cn1c(/C=C\Cc2ccc(N(C3=CC4=C(CC3)C3=C(CCOC3)C4(c3ccccc3)C3C=CC=CC3)c3ccc(C4=CCCC=C4)cc3)cc2)c(CC)c2c1OC1C=CC=CC21. The molecule has 0 N–H and O–H groups in total. The van der Waals surface area contributed by atoms with Crippen LogP contribution >= 0.6 is 0 Å². The number of rotatable bonds is 14. The summed E-state index contributed by atoms with van der Waals surface area (Å²) in [7, 11) is 0. The third-order valence-corrected chi connectivity index (χ3v) is 15.6. The fourth-order valence-electron chi connectivity index (χ4n) is 12.5. The molecule has 0 bridgehead atoms. The van der Waals surface area contributed by atoms with Gasteiger partial charge in [-0.1, -0.05) is 160 Å². The van der Waals surface area contributed by atoms with Gasteiger partial charge in [-0.15, -0.1) is 0 Å². The van der Waals surface area contributed by atoms with Gasteiger partial charge in [-0.2, -0.15) is 0 Å². The average molecular weight is 907 g/mol. The normalized spacial score (nSPS) is 24.0. The Morgan fingerprint density at radius 2 is 1.65 bits per heavy atom. The van der Waals surface area contributed by atoms with Crippen molar-refractivity contribution in [1.82, 2.24) is 4.57 Å². The zero-order chi connectivity index (χ0) is 46.7. The molecule has 0 saturated carbocycles. The van der Waals surface area contributed by atoms with Gasteiger partial charge in [-0.05, 0) is 163 Å². The van der Waals surface area contributed by atoms with E-state index in [1.165, 1.54) is 72.9 Å². The first-order chi connectivity index (χ1) is 34.1. The van der Waals surface area contributed by atoms with Crippen LogP contribution in [0.3, 0.4) is 0 Å². The summed E-state index contributed by atoms with van der Waals surface area (Å²) in [6.45, 7) is 9.00. The van der Waals surface area contributed by atoms with E-state index in [1.807, 2.05) is 0 Å². The molecule has 0 fully saturated rings. The van der Waals surface area contributed by atoms with Crippen LogP contribution in [-0.2, 0) is 29.5 Å². The molecule has 11 rings (SSSR count). The number of fused-ring (bicyclic) bond motifs is 4. The van der Waals surface area contributed by atoms with Gasteiger partial charge in [0.2, 0.25) is 0 Å². The molecule has 69 heavy (non-hydrogen) atoms. The van der Waals surface area contributed by atoms with Crippen LogP contribution < -0.4 is 9.64 Å². The molecule has 7 aliphatic rings. The van der Waals surface area contributed by atoms with E-state index in [0.717, 1.165) is 70.4 Å². The van der Waals surface area contributed by atoms with Crippen molar-refractivity contribution in [3.05, 3.63) is 244 Å². The summed E-state index contributed by atoms with van der Waals surface area (Å²) in [5, 5.41) is 0. The Labute approximate surface area is 410 Å². The molecule has 2 aliphatic heterocycles. The van der Waals surface area contributed by atoms with Crippen molar-refractivity contribution >= 4 is 23.0 Å². The highest BCUT2D eigenvalue weighted by atomic mass is 16.5. The standard InChI is InChI=1S/C65H66N2O2/c1-4-6-10-20-46(3)44-66-61(55(5-2)63-57-28-17-18-30-62(57)69-64(63)66)29-19-21-47-31-35-52(36-32-47)67(53-37-33-49(34-38-53)48-22-11-7-12-23-48)54-39-40-56-58-45-68-42-41-59(58)65(60(56)43-54,50-24-13-8-14-25-50)51-26-15-9-16-27-51/h4,6,8-11,13-20,22-26,28-38,43,46,51,57,62H,5,7,12,21,27,39-42,44-45H2,1-3H3/b6-4-,20-10-,29-19-. The van der Waals surface area contributed by atoms with Crippen molar-refractivity contribution < 1.29 is 9.47 Å². The fourth-order valence-corrected chi connectivity index (χ4v) is 12.5. The zero-order valence-corrected chi connectivity index (χ0v) is 40.7. The number of aromatic nitrogens is 1. The van der Waals surface area contributed by atoms with Gasteiger partial charge >= 0.3 is 0 Å². The molecule has 1 aromatic heterocycles. The van der Waals surface area contributed by atoms with Crippen molar-refractivity contribution in [3.8, 4) is 5.88 Å². The van der Waals surface area contributed by atoms with E-state index in [2.05, 4.69) is 218 Å². The Bertz CT molecular complexity index is 2950. The number of hydrogen-bond donors (Lipinski definition) is 0. The first-order valence-electron chi connectivity index (χ1n) is 25.8. The summed E-state index contributed by atoms with van der Waals surface area (Å²) in [6.07, 6.45) is 49.2. The lowest BCUT2D eigenvalue weighted by Gasteiger charge is -2.44. The van der Waals surface area contributed by atoms with E-state index in [1.54, 1.807) is 5.57 Å². The van der Waals surface area contributed by atoms with Crippen LogP contribution in [-0.4, -0.2) is 23.9 Å². The van der Waals surface area contributed by atoms with Crippen molar-refractivity contribution in [2.75, 3.05) is 18.1 Å². The molecule has 3 aromatic carbocycles. The van der Waals surface area contributed by atoms with Gasteiger partial charge < -0.3 is 18.9 Å². The molecule has 0 amide bonds. The molecular formula is C65H66N2O2. The third kappa shape index (κ3) is 8.31. The summed E-state index contributed by atoms with van der Waals surface area (Å²) >= 11 is 0. The molecule has 4 nitrogen and oxygen atoms in total. The average Bonchev–Trinajstić information content (AvgIpc) is 4.03. The van der Waals surface area contributed by atoms with Crippen LogP contribution in [0.1, 0.15) is 98.7 Å². The lowest BCUT2D eigenvalue weighted by Crippen LogP contribution is -2.39. The van der Waals surface area contributed by atoms with Gasteiger partial charge in [-0.25, -0.2) is 0 Å². The van der Waals surface area contributed by atoms with Crippen molar-refractivity contribution in [2.45, 2.75) is 96.1 Å². The predicted octanol–water partition coefficient (Wildman–Crippen LogP) is 15.7. The first kappa shape index (κ1) is 44.9. The maximum Gasteiger partial charge on any atom is 0.198 e. The number of ether oxygens (including phenoxy) is 2. The Morgan fingerprint density at radius 3 is 2.42 bits per heavy atom. The summed E-state index contributed by atoms with van der Waals surface area (Å²) in [5.74, 6) is 1.97. The van der Waals surface area contributed by atoms with Gasteiger partial charge in [0, 0.05) is 46.2 Å². The summed E-state index contributed by atoms with van der Waals surface area (Å²) in [6, 6.07) is 30.1. The largest absolute Gasteiger partial charge is 0.470 e. The molecule has 0 radical (unpaired) electrons. The Hall–Kier alpha value is -6.62. The number of benzene rings is 3. The first-order valence-corrected chi connectivity index (χ1v) is 25.8. The Kier molecular flexibility index (Phi) is 12.9. The molecule has 4 heteroatoms. The van der Waals surface area contributed by atoms with Gasteiger partial charge in [0.15, 0.2) is 5.88 Å². The Morgan fingerprint density at radius 1 is 0.841 bits per heavy atom. The zero-order valence-electron chi connectivity index (χ0n) is 40.7. The van der Waals surface area contributed by atoms with Crippen LogP contribution in [0.5, 0.6) is 5.88 Å². The molecule has 0 saturated heterocycles. The highest BCUT2D eigenvalue weighted by molar-refractivity contribution is 5.78. The monoisotopic (exact) mass is 907 g/mol. The van der Waals surface area contributed by atoms with E-state index < -0.39 is 0 Å². The molecule has 5 unspecified atom stereocenters. The van der Waals surface area contributed by atoms with Crippen LogP contribution in [0.2, 0.25) is 0 Å². The van der Waals surface area contributed by atoms with E-state index in [-0.39, 0.29) is 17.4 Å². The fraction of sp³-hybridized carbons (Fsp3) is 0.292. The minimum atomic E-state index is -0.245. The molecule has 5 aliphatic carbocycles. The summed E-state index contributed by atoms with van der Waals surface area (Å²) < 4.78 is 15.5. The van der Waals surface area contributed by atoms with Crippen LogP contribution in [0, 0.1) is 11.8 Å². The van der Waals surface area contributed by atoms with E-state index in [0.29, 0.717) is 18.4 Å². The number of allylic oxidation sites excluding steroid dienone is 18. The van der Waals surface area contributed by atoms with E-state index >= 15 is 0 Å². The topological polar surface area (TPSA) is 26.6 Å². The second-order valence-corrected chi connectivity index (χ2v) is 19.7. The highest BCUT2D eigenvalue weighted by Crippen LogP contribution is 2.60. The Balaban J connectivity index is 0.950. The van der Waals surface area contributed by atoms with Crippen molar-refractivity contribution in [3.63, 3.8) is 0 Å². The van der Waals surface area contributed by atoms with Crippen molar-refractivity contribution in [2.24, 2.45) is 11.8 Å². The third-order valence-electron chi connectivity index (χ3n) is 15.6. The molecule has 0 spiro atoms. The minimum absolute atomic E-state index is 0.0710. The molecule has 4 aromatic rings. The van der Waals surface area contributed by atoms with Gasteiger partial charge in [0.25, 0.3) is 0 Å². The van der Waals surface area contributed by atoms with E-state index in [4.69, 9.17) is 9.47 Å². The van der Waals surface area contributed by atoms with Gasteiger partial charge in [0.1, 0.15) is 6.10 Å². The molecular weight excluding hydrogens is 841 g/mol. The lowest BCUT2D eigenvalue weighted by molar-refractivity contribution is 0.143. The highest BCUT2D eigenvalue weighted by Gasteiger charge is 2.52. The van der Waals surface area contributed by atoms with Crippen LogP contribution in [0.4, 0.5) is 11.4 Å². The van der Waals surface area contributed by atoms with Crippen molar-refractivity contribution in [1.29, 1.82) is 0 Å². The lowest BCUT2D eigenvalue weighted by atomic mass is 9.60. The second kappa shape index (κ2) is 19.8. The smallest absolute Gasteiger partial charge is 0.198 e. The molecule has 3 heterocycles. The number of nitrogens with zero attached hydrogens (tertiary/aromatic N) is 2. The maximum atomic E-state index is 6.75. The van der Waals surface area contributed by atoms with Crippen LogP contribution in [0.25, 0.3) is 11.6 Å². The van der Waals surface area contributed by atoms with Gasteiger partial charge in [0.05, 0.1) is 13.2 Å². The van der Waals surface area contributed by atoms with E-state index in [9.17, 15) is 0 Å². The summed E-state index contributed by atoms with van der Waals surface area (Å²) in [4.78, 5) is 2.55. The van der Waals surface area contributed by atoms with Crippen LogP contribution in [0.15, 0.2) is 210 Å². The molecule has 5 atom stereocenters. The molecule has 348 valence electrons.